The van der Waals surface area contributed by atoms with Gasteiger partial charge in [0, 0.05) is 113 Å². The van der Waals surface area contributed by atoms with E-state index in [1.54, 1.807) is 0 Å². The average Bonchev–Trinajstić information content (AvgIpc) is 1.12. The molecule has 4 nitrogen and oxygen atoms in total. The van der Waals surface area contributed by atoms with Gasteiger partial charge in [0.15, 0.2) is 0 Å². The zero-order chi connectivity index (χ0) is 95.0. The number of hydrogen-bond donors (Lipinski definition) is 0. The number of nitrogens with zero attached hydrogens (tertiary/aromatic N) is 4. The first kappa shape index (κ1) is 88.6. The zero-order valence-corrected chi connectivity index (χ0v) is 82.4. The van der Waals surface area contributed by atoms with Crippen molar-refractivity contribution in [3.63, 3.8) is 0 Å². The van der Waals surface area contributed by atoms with E-state index in [-0.39, 0.29) is 10.8 Å². The number of hydrogen-bond acceptors (Lipinski definition) is 0. The van der Waals surface area contributed by atoms with Crippen molar-refractivity contribution in [1.29, 1.82) is 0 Å². The van der Waals surface area contributed by atoms with Crippen molar-refractivity contribution in [3.8, 4) is 111 Å². The third-order valence-corrected chi connectivity index (χ3v) is 30.3. The second-order valence-corrected chi connectivity index (χ2v) is 41.1. The van der Waals surface area contributed by atoms with Gasteiger partial charge in [0.1, 0.15) is 0 Å². The van der Waals surface area contributed by atoms with Gasteiger partial charge in [0.2, 0.25) is 0 Å². The summed E-state index contributed by atoms with van der Waals surface area (Å²) in [6, 6.07) is 152. The van der Waals surface area contributed by atoms with Crippen molar-refractivity contribution < 1.29 is 0 Å². The summed E-state index contributed by atoms with van der Waals surface area (Å²) in [6.07, 6.45) is 9.43. The van der Waals surface area contributed by atoms with Crippen LogP contribution in [0.25, 0.3) is 242 Å². The average molecular weight is 1810 g/mol. The zero-order valence-electron chi connectivity index (χ0n) is 82.4. The van der Waals surface area contributed by atoms with Crippen molar-refractivity contribution >= 4 is 130 Å². The molecule has 0 fully saturated rings. The van der Waals surface area contributed by atoms with Gasteiger partial charge in [-0.25, -0.2) is 0 Å². The summed E-state index contributed by atoms with van der Waals surface area (Å²) in [7, 11) is 0. The summed E-state index contributed by atoms with van der Waals surface area (Å²) in [5, 5.41) is 20.9. The third kappa shape index (κ3) is 16.0. The monoisotopic (exact) mass is 1810 g/mol. The van der Waals surface area contributed by atoms with E-state index >= 15 is 0 Å². The van der Waals surface area contributed by atoms with Gasteiger partial charge in [-0.05, 0) is 287 Å². The molecule has 0 bridgehead atoms. The van der Waals surface area contributed by atoms with Crippen molar-refractivity contribution in [3.05, 3.63) is 412 Å². The topological polar surface area (TPSA) is 19.7 Å². The first-order chi connectivity index (χ1) is 68.5. The van der Waals surface area contributed by atoms with Crippen LogP contribution in [0.1, 0.15) is 132 Å². The maximum atomic E-state index is 2.51. The van der Waals surface area contributed by atoms with E-state index in [0.717, 1.165) is 26.2 Å². The van der Waals surface area contributed by atoms with Crippen molar-refractivity contribution in [2.24, 2.45) is 0 Å². The van der Waals surface area contributed by atoms with E-state index < -0.39 is 0 Å². The Labute approximate surface area is 823 Å². The number of fused-ring (bicyclic) bond motifs is 16. The van der Waals surface area contributed by atoms with Gasteiger partial charge >= 0.3 is 0 Å². The molecule has 0 amide bonds. The van der Waals surface area contributed by atoms with E-state index in [0.29, 0.717) is 0 Å². The second kappa shape index (κ2) is 36.9. The molecule has 0 spiro atoms. The molecule has 684 valence electrons. The number of aromatic nitrogens is 4. The maximum absolute atomic E-state index is 2.51. The summed E-state index contributed by atoms with van der Waals surface area (Å²) in [4.78, 5) is 0. The molecule has 0 aliphatic heterocycles. The summed E-state index contributed by atoms with van der Waals surface area (Å²) in [5.74, 6) is 0. The first-order valence-electron chi connectivity index (χ1n) is 51.2. The molecule has 4 aromatic heterocycles. The minimum absolute atomic E-state index is 0.00445. The van der Waals surface area contributed by atoms with Gasteiger partial charge in [-0.1, -0.05) is 410 Å². The van der Waals surface area contributed by atoms with Gasteiger partial charge in [0.25, 0.3) is 0 Å². The van der Waals surface area contributed by atoms with E-state index in [2.05, 4.69) is 488 Å². The number of aryl methyl sites for hydroxylation is 4. The molecule has 0 saturated heterocycles. The van der Waals surface area contributed by atoms with Crippen molar-refractivity contribution in [2.75, 3.05) is 0 Å². The van der Waals surface area contributed by atoms with Crippen molar-refractivity contribution in [1.82, 2.24) is 18.3 Å². The summed E-state index contributed by atoms with van der Waals surface area (Å²) >= 11 is 0. The van der Waals surface area contributed by atoms with Crippen LogP contribution in [0.5, 0.6) is 0 Å². The predicted molar refractivity (Wildman–Crippen MR) is 606 cm³/mol. The van der Waals surface area contributed by atoms with E-state index in [4.69, 9.17) is 0 Å². The summed E-state index contributed by atoms with van der Waals surface area (Å²) in [5.41, 5.74) is 38.1. The molecule has 0 N–H and O–H groups in total. The van der Waals surface area contributed by atoms with Crippen LogP contribution in [0.15, 0.2) is 400 Å². The Bertz CT molecular complexity index is 8860. The Morgan fingerprint density at radius 3 is 0.536 bits per heavy atom. The summed E-state index contributed by atoms with van der Waals surface area (Å²) in [6.45, 7) is 27.2. The molecule has 0 unspecified atom stereocenters. The molecule has 24 rings (SSSR count). The fourth-order valence-corrected chi connectivity index (χ4v) is 22.7. The number of rotatable bonds is 22. The molecule has 0 aliphatic carbocycles. The first-order valence-corrected chi connectivity index (χ1v) is 51.2. The standard InChI is InChI=1S/C74H64N2.C62H56N2/c1-6-8-44-75-68-20-14-12-16-60(68)65-46-57(38-42-70(65)75)53-26-22-49(23-27-53)51-30-34-55(35-31-51)72-62-18-10-11-19-63(62)73(67-48-59(74(3,4)5)40-41-64(67)72)56-36-32-52(33-37-56)50-24-28-54(29-25-50)58-39-43-71-66(47-58)61-17-13-15-21-69(61)76(71)45-9-7-2;1-6-8-36-63-56-20-14-12-16-48(56)53-38-45(30-34-58(53)63)41-22-26-43(27-23-41)60-50-18-10-11-19-51(50)61(55-40-47(62(3,4)5)32-33-52(55)60)44-28-24-42(25-29-44)46-31-35-59-54(39-46)49-17-13-15-21-57(49)64(59)37-9-7-2/h10-43,46-48H,6-9,44-45H2,1-5H3;10-35,38-40H,6-9,36-37H2,1-5H3. The highest BCUT2D eigenvalue weighted by Crippen LogP contribution is 2.50. The lowest BCUT2D eigenvalue weighted by Gasteiger charge is -2.23. The van der Waals surface area contributed by atoms with Gasteiger partial charge in [0.05, 0.1) is 0 Å². The van der Waals surface area contributed by atoms with Crippen LogP contribution in [0.3, 0.4) is 0 Å². The number of benzene rings is 20. The van der Waals surface area contributed by atoms with Crippen LogP contribution < -0.4 is 0 Å². The molecular weight excluding hydrogens is 1690 g/mol. The lowest BCUT2D eigenvalue weighted by atomic mass is 9.81. The summed E-state index contributed by atoms with van der Waals surface area (Å²) < 4.78 is 10.0. The molecule has 0 radical (unpaired) electrons. The molecule has 24 aromatic rings. The minimum atomic E-state index is -0.00876. The lowest BCUT2D eigenvalue weighted by molar-refractivity contribution is 0.591. The smallest absolute Gasteiger partial charge is 0.0491 e. The van der Waals surface area contributed by atoms with Crippen LogP contribution in [-0.2, 0) is 37.0 Å². The van der Waals surface area contributed by atoms with Crippen LogP contribution in [0.4, 0.5) is 0 Å². The minimum Gasteiger partial charge on any atom is -0.340 e. The highest BCUT2D eigenvalue weighted by atomic mass is 15.0. The second-order valence-electron chi connectivity index (χ2n) is 41.1. The van der Waals surface area contributed by atoms with Gasteiger partial charge in [-0.3, -0.25) is 0 Å². The van der Waals surface area contributed by atoms with E-state index in [1.165, 1.54) is 304 Å². The lowest BCUT2D eigenvalue weighted by Crippen LogP contribution is -2.10. The Morgan fingerprint density at radius 1 is 0.150 bits per heavy atom. The van der Waals surface area contributed by atoms with Crippen molar-refractivity contribution in [2.45, 2.75) is 158 Å². The molecule has 0 saturated carbocycles. The van der Waals surface area contributed by atoms with Crippen LogP contribution >= 0.6 is 0 Å². The molecule has 140 heavy (non-hydrogen) atoms. The largest absolute Gasteiger partial charge is 0.340 e. The maximum Gasteiger partial charge on any atom is 0.0491 e. The molecule has 0 atom stereocenters. The Hall–Kier alpha value is -15.4. The fourth-order valence-electron chi connectivity index (χ4n) is 22.7. The van der Waals surface area contributed by atoms with Gasteiger partial charge in [-0.2, -0.15) is 0 Å². The molecule has 0 aliphatic rings. The van der Waals surface area contributed by atoms with Crippen LogP contribution in [-0.4, -0.2) is 18.3 Å². The Morgan fingerprint density at radius 2 is 0.321 bits per heavy atom. The van der Waals surface area contributed by atoms with E-state index in [9.17, 15) is 0 Å². The normalized spacial score (nSPS) is 12.1. The van der Waals surface area contributed by atoms with E-state index in [1.807, 2.05) is 0 Å². The quantitative estimate of drug-likeness (QED) is 0.0603. The molecule has 4 heterocycles. The predicted octanol–water partition coefficient (Wildman–Crippen LogP) is 38.9. The van der Waals surface area contributed by atoms with Gasteiger partial charge in [-0.15, -0.1) is 0 Å². The number of para-hydroxylation sites is 4. The Kier molecular flexibility index (Phi) is 23.3. The number of unbranched alkanes of at least 4 members (excludes halogenated alkanes) is 4. The SMILES string of the molecule is CCCCn1c2ccccc2c2cc(-c3ccc(-c4c5ccccc5c(-c5ccc(-c6ccc7c(c6)c6ccccc6n7CCCC)cc5)c5cc(C(C)(C)C)ccc45)cc3)ccc21.CCCCn1c2ccccc2c2cc(-c3ccc(-c4ccc(-c5c6ccccc6c(-c6ccc(-c7ccc(-c8ccc9c(c8)c8ccccc8n9CCCC)cc7)cc6)c6cc(C(C)(C)C)ccc56)cc4)cc3)ccc21. The highest BCUT2D eigenvalue weighted by Gasteiger charge is 2.26. The third-order valence-electron chi connectivity index (χ3n) is 30.3. The van der Waals surface area contributed by atoms with Crippen LogP contribution in [0.2, 0.25) is 0 Å². The molecular formula is C136H120N4. The molecule has 4 heteroatoms. The fraction of sp³-hybridized carbons (Fsp3) is 0.176. The van der Waals surface area contributed by atoms with Crippen LogP contribution in [0, 0.1) is 0 Å². The highest BCUT2D eigenvalue weighted by molar-refractivity contribution is 6.24. The Balaban J connectivity index is 0.000000159. The van der Waals surface area contributed by atoms with Gasteiger partial charge < -0.3 is 18.3 Å². The molecule has 20 aromatic carbocycles.